The molecule has 0 atom stereocenters. The Morgan fingerprint density at radius 3 is 0.683 bits per heavy atom. The summed E-state index contributed by atoms with van der Waals surface area (Å²) in [5.41, 5.74) is -1.61. The summed E-state index contributed by atoms with van der Waals surface area (Å²) in [7, 11) is 0. The molecule has 0 aliphatic heterocycles. The van der Waals surface area contributed by atoms with Gasteiger partial charge in [-0.3, -0.25) is 0 Å². The molecule has 0 amide bonds. The molecule has 3 rings (SSSR count). The Morgan fingerprint density at radius 2 is 0.585 bits per heavy atom. The Hall–Kier alpha value is -3.73. The normalized spacial score (nSPS) is 8.73. The van der Waals surface area contributed by atoms with Gasteiger partial charge >= 0.3 is 92.4 Å². The summed E-state index contributed by atoms with van der Waals surface area (Å²) in [6.45, 7) is 0. The van der Waals surface area contributed by atoms with E-state index in [4.69, 9.17) is 30.6 Å². The third-order valence-electron chi connectivity index (χ3n) is 3.56. The molecule has 3 aromatic heterocycles. The summed E-state index contributed by atoms with van der Waals surface area (Å²) >= 11 is 7.38. The molecule has 0 fully saturated rings. The van der Waals surface area contributed by atoms with Gasteiger partial charge in [0.05, 0.1) is 0 Å². The standard InChI is InChI=1S/3C7H5NO4.CH4.2BrH.2Cu/c3*9-6(10)4-2-1-3-5(8-4)7(11)12;;;;;/h3*1-3H,(H,9,10)(H,11,12);1H4;2*1H;;/q;;;;;;2*+2/p-2. The molecule has 3 heterocycles. The first-order chi connectivity index (χ1) is 18.2. The van der Waals surface area contributed by atoms with Gasteiger partial charge in [-0.15, -0.1) is 0 Å². The topological polar surface area (TPSA) is 262 Å². The summed E-state index contributed by atoms with van der Waals surface area (Å²) in [6, 6.07) is 11.4. The zero-order chi connectivity index (χ0) is 30.1. The number of pyridine rings is 3. The van der Waals surface area contributed by atoms with Gasteiger partial charge in [-0.25, -0.2) is 43.7 Å². The van der Waals surface area contributed by atoms with Crippen LogP contribution >= 0.6 is 28.2 Å². The van der Waals surface area contributed by atoms with E-state index in [9.17, 15) is 28.8 Å². The molecule has 0 aliphatic rings. The van der Waals surface area contributed by atoms with Crippen LogP contribution in [0.1, 0.15) is 70.4 Å². The monoisotopic (exact) mass is 801 g/mol. The smallest absolute Gasteiger partial charge is 2.00 e. The molecule has 3 aromatic rings. The minimum Gasteiger partial charge on any atom is 2.00 e. The van der Waals surface area contributed by atoms with E-state index in [1.807, 2.05) is 0 Å². The number of halogens is 2. The summed E-state index contributed by atoms with van der Waals surface area (Å²) in [4.78, 5) is 72.0. The van der Waals surface area contributed by atoms with Crippen LogP contribution in [0.3, 0.4) is 0 Å². The Bertz CT molecular complexity index is 1110. The van der Waals surface area contributed by atoms with Gasteiger partial charge in [0.25, 0.3) is 0 Å². The first-order valence-corrected chi connectivity index (χ1v) is 14.0. The van der Waals surface area contributed by atoms with E-state index >= 15 is 0 Å². The average molecular weight is 804 g/mol. The molecule has 228 valence electrons. The summed E-state index contributed by atoms with van der Waals surface area (Å²) in [5.74, 6) is -7.43. The van der Waals surface area contributed by atoms with Crippen LogP contribution in [0, 0.1) is 0 Å². The van der Waals surface area contributed by atoms with Crippen molar-refractivity contribution in [2.24, 2.45) is 0 Å². The van der Waals surface area contributed by atoms with Crippen LogP contribution in [0.2, 0.25) is 0 Å². The van der Waals surface area contributed by atoms with Gasteiger partial charge in [-0.1, -0.05) is 25.6 Å². The second kappa shape index (κ2) is 22.0. The van der Waals surface area contributed by atoms with E-state index in [0.29, 0.717) is 0 Å². The molecule has 6 N–H and O–H groups in total. The maximum Gasteiger partial charge on any atom is 2.00 e. The van der Waals surface area contributed by atoms with Crippen LogP contribution in [0.15, 0.2) is 54.6 Å². The summed E-state index contributed by atoms with van der Waals surface area (Å²) in [6.07, 6.45) is 0. The third kappa shape index (κ3) is 16.9. The zero-order valence-corrected chi connectivity index (χ0v) is 24.1. The van der Waals surface area contributed by atoms with Crippen LogP contribution in [-0.4, -0.2) is 81.4 Å². The van der Waals surface area contributed by atoms with Gasteiger partial charge in [0.2, 0.25) is 0 Å². The second-order valence-corrected chi connectivity index (χ2v) is 10.9. The number of hydrogen-bond donors (Lipinski definition) is 6. The van der Waals surface area contributed by atoms with E-state index in [1.54, 1.807) is 0 Å². The summed E-state index contributed by atoms with van der Waals surface area (Å²) in [5, 5.41) is 50.6. The fourth-order valence-electron chi connectivity index (χ4n) is 2.02. The molecule has 41 heavy (non-hydrogen) atoms. The molecule has 0 bridgehead atoms. The molecule has 0 saturated heterocycles. The minimum absolute atomic E-state index is 0. The van der Waals surface area contributed by atoms with Gasteiger partial charge in [0, 0.05) is 0 Å². The molecule has 0 aromatic carbocycles. The van der Waals surface area contributed by atoms with Crippen molar-refractivity contribution < 1.29 is 87.8 Å². The van der Waals surface area contributed by atoms with Crippen molar-refractivity contribution in [1.29, 1.82) is 0 Å². The molecule has 0 saturated carbocycles. The number of carbonyl (C=O) groups is 6. The number of rotatable bonds is 6. The Kier molecular flexibility index (Phi) is 22.4. The van der Waals surface area contributed by atoms with Crippen molar-refractivity contribution in [3.05, 3.63) is 88.8 Å². The molecular weight excluding hydrogens is 785 g/mol. The van der Waals surface area contributed by atoms with Gasteiger partial charge in [0.15, 0.2) is 0 Å². The van der Waals surface area contributed by atoms with Crippen molar-refractivity contribution in [1.82, 2.24) is 15.0 Å². The van der Waals surface area contributed by atoms with Crippen molar-refractivity contribution in [3.63, 3.8) is 0 Å². The maximum absolute atomic E-state index is 10.3. The Labute approximate surface area is 261 Å². The molecular formula is C22H19Br2Cu2N3O12+2. The summed E-state index contributed by atoms with van der Waals surface area (Å²) < 4.78 is 0. The van der Waals surface area contributed by atoms with Crippen molar-refractivity contribution in [2.75, 3.05) is 0 Å². The molecule has 0 aliphatic carbocycles. The van der Waals surface area contributed by atoms with Crippen molar-refractivity contribution >= 4 is 64.0 Å². The number of hydrogen-bond acceptors (Lipinski definition) is 9. The van der Waals surface area contributed by atoms with Crippen LogP contribution in [0.4, 0.5) is 0 Å². The quantitative estimate of drug-likeness (QED) is 0.194. The number of aromatic carboxylic acids is 6. The van der Waals surface area contributed by atoms with Crippen molar-refractivity contribution in [3.8, 4) is 0 Å². The number of aromatic nitrogens is 3. The van der Waals surface area contributed by atoms with Crippen LogP contribution < -0.4 is 0 Å². The Morgan fingerprint density at radius 1 is 0.463 bits per heavy atom. The van der Waals surface area contributed by atoms with Crippen LogP contribution in [-0.2, 0) is 28.4 Å². The van der Waals surface area contributed by atoms with E-state index < -0.39 is 35.8 Å². The molecule has 0 unspecified atom stereocenters. The maximum atomic E-state index is 10.3. The van der Waals surface area contributed by atoms with E-state index in [1.165, 1.54) is 65.9 Å². The second-order valence-electron chi connectivity index (χ2n) is 6.10. The van der Waals surface area contributed by atoms with Crippen LogP contribution in [0.25, 0.3) is 0 Å². The van der Waals surface area contributed by atoms with Gasteiger partial charge < -0.3 is 30.6 Å². The Balaban J connectivity index is -0.000000492. The fraction of sp³-hybridized carbons (Fsp3) is 0.0455. The average Bonchev–Trinajstić information content (AvgIpc) is 2.90. The predicted octanol–water partition coefficient (Wildman–Crippen LogP) is 3.76. The predicted molar refractivity (Wildman–Crippen MR) is 139 cm³/mol. The van der Waals surface area contributed by atoms with Gasteiger partial charge in [-0.2, -0.15) is 0 Å². The van der Waals surface area contributed by atoms with Gasteiger partial charge in [-0.05, 0) is 36.4 Å². The SMILES string of the molecule is C.O=C(O)c1cccc(C(=O)O)n1.O=C(O)c1cccc(C(=O)O)n1.O=C(O)c1cccc(C(=O)O)n1.[Br][Cu][Br].[Cu+2]. The van der Waals surface area contributed by atoms with E-state index in [0.717, 1.165) is 0 Å². The van der Waals surface area contributed by atoms with E-state index in [-0.39, 0.29) is 58.7 Å². The number of carboxylic acids is 6. The zero-order valence-electron chi connectivity index (χ0n) is 19.0. The number of nitrogens with zero attached hydrogens (tertiary/aromatic N) is 3. The fourth-order valence-corrected chi connectivity index (χ4v) is 2.02. The van der Waals surface area contributed by atoms with Crippen LogP contribution in [0.5, 0.6) is 0 Å². The third-order valence-corrected chi connectivity index (χ3v) is 3.56. The first kappa shape index (κ1) is 41.7. The molecule has 1 radical (unpaired) electrons. The first-order valence-electron chi connectivity index (χ1n) is 9.37. The molecule has 0 spiro atoms. The largest absolute Gasteiger partial charge is 2.00 e. The van der Waals surface area contributed by atoms with E-state index in [2.05, 4.69) is 43.2 Å². The minimum atomic E-state index is -1.24. The van der Waals surface area contributed by atoms with Crippen molar-refractivity contribution in [2.45, 2.75) is 7.43 Å². The van der Waals surface area contributed by atoms with Gasteiger partial charge in [0.1, 0.15) is 34.2 Å². The number of carboxylic acid groups (broad SMARTS) is 6. The molecule has 15 nitrogen and oxygen atoms in total. The molecule has 19 heteroatoms.